The van der Waals surface area contributed by atoms with Crippen molar-refractivity contribution in [3.05, 3.63) is 53.5 Å². The van der Waals surface area contributed by atoms with Crippen LogP contribution in [0.5, 0.6) is 0 Å². The van der Waals surface area contributed by atoms with Crippen LogP contribution in [0.1, 0.15) is 21.9 Å². The molecule has 0 saturated heterocycles. The number of hydrazine groups is 1. The van der Waals surface area contributed by atoms with Crippen LogP contribution in [-0.4, -0.2) is 5.91 Å². The first-order chi connectivity index (χ1) is 8.16. The van der Waals surface area contributed by atoms with Gasteiger partial charge in [0.25, 0.3) is 5.91 Å². The first-order valence-corrected chi connectivity index (χ1v) is 5.35. The zero-order valence-electron chi connectivity index (χ0n) is 9.78. The lowest BCUT2D eigenvalue weighted by atomic mass is 10.2. The Hall–Kier alpha value is -2.23. The minimum atomic E-state index is -0.205. The highest BCUT2D eigenvalue weighted by molar-refractivity contribution is 5.95. The average Bonchev–Trinajstić information content (AvgIpc) is 2.67. The molecule has 0 saturated carbocycles. The molecule has 0 unspecified atom stereocenters. The predicted molar refractivity (Wildman–Crippen MR) is 65.7 cm³/mol. The highest BCUT2D eigenvalue weighted by Crippen LogP contribution is 2.13. The summed E-state index contributed by atoms with van der Waals surface area (Å²) in [5.41, 5.74) is 6.84. The van der Waals surface area contributed by atoms with E-state index in [1.807, 2.05) is 37.3 Å². The third kappa shape index (κ3) is 2.66. The van der Waals surface area contributed by atoms with Crippen LogP contribution in [0.4, 0.5) is 5.69 Å². The highest BCUT2D eigenvalue weighted by atomic mass is 16.3. The van der Waals surface area contributed by atoms with E-state index < -0.39 is 0 Å². The molecule has 1 aromatic carbocycles. The van der Waals surface area contributed by atoms with Gasteiger partial charge < -0.3 is 4.42 Å². The van der Waals surface area contributed by atoms with Crippen LogP contribution < -0.4 is 10.9 Å². The summed E-state index contributed by atoms with van der Waals surface area (Å²) in [6.45, 7) is 3.58. The molecule has 0 aliphatic rings. The van der Waals surface area contributed by atoms with Crippen LogP contribution in [0.25, 0.3) is 0 Å². The fraction of sp³-hybridized carbons (Fsp3) is 0.154. The van der Waals surface area contributed by atoms with Gasteiger partial charge in [0, 0.05) is 0 Å². The Bertz CT molecular complexity index is 517. The van der Waals surface area contributed by atoms with Crippen molar-refractivity contribution in [2.45, 2.75) is 13.8 Å². The summed E-state index contributed by atoms with van der Waals surface area (Å²) < 4.78 is 5.30. The van der Waals surface area contributed by atoms with Gasteiger partial charge in [-0.2, -0.15) is 0 Å². The number of carbonyl (C=O) groups excluding carboxylic acids is 1. The number of amides is 1. The van der Waals surface area contributed by atoms with Crippen molar-refractivity contribution in [3.8, 4) is 0 Å². The van der Waals surface area contributed by atoms with E-state index in [9.17, 15) is 4.79 Å². The van der Waals surface area contributed by atoms with Gasteiger partial charge in [-0.3, -0.25) is 15.6 Å². The van der Waals surface area contributed by atoms with Gasteiger partial charge in [0.15, 0.2) is 0 Å². The molecule has 1 amide bonds. The number of hydrogen-bond acceptors (Lipinski definition) is 3. The number of nitrogens with one attached hydrogen (secondary N) is 2. The molecular formula is C13H14N2O2. The van der Waals surface area contributed by atoms with Crippen molar-refractivity contribution < 1.29 is 9.21 Å². The molecule has 0 atom stereocenters. The van der Waals surface area contributed by atoms with Crippen LogP contribution >= 0.6 is 0 Å². The third-order valence-corrected chi connectivity index (χ3v) is 2.38. The SMILES string of the molecule is Cc1cc(C(=O)NNc2ccccc2)c(C)o1. The second kappa shape index (κ2) is 4.74. The summed E-state index contributed by atoms with van der Waals surface area (Å²) in [6, 6.07) is 11.2. The lowest BCUT2D eigenvalue weighted by Crippen LogP contribution is -2.29. The van der Waals surface area contributed by atoms with Crippen molar-refractivity contribution in [2.24, 2.45) is 0 Å². The van der Waals surface area contributed by atoms with Crippen molar-refractivity contribution in [3.63, 3.8) is 0 Å². The van der Waals surface area contributed by atoms with E-state index in [4.69, 9.17) is 4.42 Å². The molecule has 88 valence electrons. The smallest absolute Gasteiger partial charge is 0.273 e. The van der Waals surface area contributed by atoms with E-state index in [-0.39, 0.29) is 5.91 Å². The fourth-order valence-corrected chi connectivity index (χ4v) is 1.57. The molecule has 0 radical (unpaired) electrons. The molecule has 1 aromatic heterocycles. The van der Waals surface area contributed by atoms with Gasteiger partial charge in [0.2, 0.25) is 0 Å². The van der Waals surface area contributed by atoms with Crippen LogP contribution in [0.15, 0.2) is 40.8 Å². The number of hydrogen-bond donors (Lipinski definition) is 2. The standard InChI is InChI=1S/C13H14N2O2/c1-9-8-12(10(2)17-9)13(16)15-14-11-6-4-3-5-7-11/h3-8,14H,1-2H3,(H,15,16). The van der Waals surface area contributed by atoms with E-state index >= 15 is 0 Å². The Labute approximate surface area is 99.6 Å². The quantitative estimate of drug-likeness (QED) is 0.797. The van der Waals surface area contributed by atoms with Gasteiger partial charge >= 0.3 is 0 Å². The monoisotopic (exact) mass is 230 g/mol. The Morgan fingerprint density at radius 2 is 1.88 bits per heavy atom. The van der Waals surface area contributed by atoms with Crippen molar-refractivity contribution >= 4 is 11.6 Å². The molecule has 2 aromatic rings. The Morgan fingerprint density at radius 1 is 1.18 bits per heavy atom. The van der Waals surface area contributed by atoms with Gasteiger partial charge in [-0.05, 0) is 32.0 Å². The number of anilines is 1. The molecule has 0 aliphatic carbocycles. The molecule has 2 N–H and O–H groups in total. The molecule has 4 heteroatoms. The van der Waals surface area contributed by atoms with E-state index in [0.717, 1.165) is 11.4 Å². The number of para-hydroxylation sites is 1. The number of rotatable bonds is 3. The maximum Gasteiger partial charge on any atom is 0.273 e. The Kier molecular flexibility index (Phi) is 3.14. The molecule has 17 heavy (non-hydrogen) atoms. The molecular weight excluding hydrogens is 216 g/mol. The average molecular weight is 230 g/mol. The molecule has 2 rings (SSSR count). The summed E-state index contributed by atoms with van der Waals surface area (Å²) >= 11 is 0. The third-order valence-electron chi connectivity index (χ3n) is 2.38. The van der Waals surface area contributed by atoms with Crippen molar-refractivity contribution in [1.29, 1.82) is 0 Å². The zero-order chi connectivity index (χ0) is 12.3. The lowest BCUT2D eigenvalue weighted by Gasteiger charge is -2.07. The van der Waals surface area contributed by atoms with E-state index in [1.165, 1.54) is 0 Å². The molecule has 0 aliphatic heterocycles. The summed E-state index contributed by atoms with van der Waals surface area (Å²) in [5.74, 6) is 1.14. The number of furan rings is 1. The van der Waals surface area contributed by atoms with Gasteiger partial charge in [0.1, 0.15) is 11.5 Å². The van der Waals surface area contributed by atoms with Gasteiger partial charge in [-0.1, -0.05) is 18.2 Å². The minimum Gasteiger partial charge on any atom is -0.466 e. The van der Waals surface area contributed by atoms with Crippen molar-refractivity contribution in [1.82, 2.24) is 5.43 Å². The summed E-state index contributed by atoms with van der Waals surface area (Å²) in [6.07, 6.45) is 0. The number of aryl methyl sites for hydroxylation is 2. The molecule has 0 fully saturated rings. The van der Waals surface area contributed by atoms with Crippen LogP contribution in [-0.2, 0) is 0 Å². The summed E-state index contributed by atoms with van der Waals surface area (Å²) in [4.78, 5) is 11.8. The second-order valence-electron chi connectivity index (χ2n) is 3.77. The Balaban J connectivity index is 2.01. The van der Waals surface area contributed by atoms with Gasteiger partial charge in [-0.15, -0.1) is 0 Å². The van der Waals surface area contributed by atoms with Crippen LogP contribution in [0.3, 0.4) is 0 Å². The summed E-state index contributed by atoms with van der Waals surface area (Å²) in [7, 11) is 0. The maximum absolute atomic E-state index is 11.8. The van der Waals surface area contributed by atoms with Gasteiger partial charge in [0.05, 0.1) is 11.3 Å². The first kappa shape index (κ1) is 11.3. The second-order valence-corrected chi connectivity index (χ2v) is 3.77. The van der Waals surface area contributed by atoms with E-state index in [0.29, 0.717) is 11.3 Å². The van der Waals surface area contributed by atoms with Crippen LogP contribution in [0, 0.1) is 13.8 Å². The van der Waals surface area contributed by atoms with Crippen LogP contribution in [0.2, 0.25) is 0 Å². The van der Waals surface area contributed by atoms with Gasteiger partial charge in [-0.25, -0.2) is 0 Å². The number of benzene rings is 1. The largest absolute Gasteiger partial charge is 0.466 e. The zero-order valence-corrected chi connectivity index (χ0v) is 9.78. The fourth-order valence-electron chi connectivity index (χ4n) is 1.57. The highest BCUT2D eigenvalue weighted by Gasteiger charge is 2.12. The van der Waals surface area contributed by atoms with E-state index in [1.54, 1.807) is 13.0 Å². The maximum atomic E-state index is 11.8. The number of carbonyl (C=O) groups is 1. The van der Waals surface area contributed by atoms with Crippen molar-refractivity contribution in [2.75, 3.05) is 5.43 Å². The molecule has 0 spiro atoms. The van der Waals surface area contributed by atoms with E-state index in [2.05, 4.69) is 10.9 Å². The summed E-state index contributed by atoms with van der Waals surface area (Å²) in [5, 5.41) is 0. The topological polar surface area (TPSA) is 54.3 Å². The minimum absolute atomic E-state index is 0.205. The molecule has 0 bridgehead atoms. The molecule has 1 heterocycles. The predicted octanol–water partition coefficient (Wildman–Crippen LogP) is 2.65. The lowest BCUT2D eigenvalue weighted by molar-refractivity contribution is 0.0961. The normalized spacial score (nSPS) is 10.0. The first-order valence-electron chi connectivity index (χ1n) is 5.35. The molecule has 4 nitrogen and oxygen atoms in total. The Morgan fingerprint density at radius 3 is 2.47 bits per heavy atom.